The molecule has 0 unspecified atom stereocenters. The Balaban J connectivity index is 1.84. The zero-order valence-corrected chi connectivity index (χ0v) is 22.6. The van der Waals surface area contributed by atoms with Crippen LogP contribution in [-0.4, -0.2) is 56.4 Å². The van der Waals surface area contributed by atoms with E-state index in [9.17, 15) is 4.79 Å². The molecule has 0 spiro atoms. The minimum Gasteiger partial charge on any atom is -0.497 e. The van der Waals surface area contributed by atoms with E-state index in [1.54, 1.807) is 21.3 Å². The van der Waals surface area contributed by atoms with Crippen LogP contribution in [0.2, 0.25) is 0 Å². The van der Waals surface area contributed by atoms with E-state index in [0.29, 0.717) is 24.6 Å². The fourth-order valence-corrected chi connectivity index (χ4v) is 5.05. The smallest absolute Gasteiger partial charge is 0.226 e. The van der Waals surface area contributed by atoms with Crippen LogP contribution in [0.1, 0.15) is 45.1 Å². The lowest BCUT2D eigenvalue weighted by atomic mass is 9.99. The van der Waals surface area contributed by atoms with Crippen LogP contribution in [0.25, 0.3) is 22.2 Å². The molecule has 0 radical (unpaired) electrons. The summed E-state index contributed by atoms with van der Waals surface area (Å²) in [7, 11) is 4.90. The second kappa shape index (κ2) is 12.3. The molecule has 37 heavy (non-hydrogen) atoms. The van der Waals surface area contributed by atoms with Crippen molar-refractivity contribution < 1.29 is 23.7 Å². The average Bonchev–Trinajstić information content (AvgIpc) is 3.45. The average molecular weight is 507 g/mol. The molecule has 4 rings (SSSR count). The number of ether oxygens (including phenoxy) is 4. The van der Waals surface area contributed by atoms with E-state index in [-0.39, 0.29) is 17.9 Å². The molecule has 0 N–H and O–H groups in total. The summed E-state index contributed by atoms with van der Waals surface area (Å²) in [5.41, 5.74) is 3.49. The number of carbonyl (C=O) groups is 1. The van der Waals surface area contributed by atoms with Gasteiger partial charge in [-0.3, -0.25) is 4.79 Å². The van der Waals surface area contributed by atoms with Crippen LogP contribution < -0.4 is 14.2 Å². The zero-order valence-electron chi connectivity index (χ0n) is 22.6. The van der Waals surface area contributed by atoms with Crippen molar-refractivity contribution in [3.63, 3.8) is 0 Å². The maximum absolute atomic E-state index is 13.7. The van der Waals surface area contributed by atoms with Gasteiger partial charge in [-0.25, -0.2) is 4.98 Å². The van der Waals surface area contributed by atoms with Crippen LogP contribution in [0.4, 0.5) is 0 Å². The standard InChI is InChI=1S/C30H38N2O5/c1-6-20(7-2)30(33)32(19-25-12-9-13-37-25)18-23-14-22-16-27(35-4)28(36-5)17-26(22)31-29(23)21-10-8-11-24(15-21)34-3/h8,10-11,14-17,20,25H,6-7,9,12-13,18-19H2,1-5H3/t25-/m1/s1. The van der Waals surface area contributed by atoms with Gasteiger partial charge < -0.3 is 23.8 Å². The Bertz CT molecular complexity index is 1220. The van der Waals surface area contributed by atoms with Crippen molar-refractivity contribution in [2.24, 2.45) is 5.92 Å². The first-order valence-corrected chi connectivity index (χ1v) is 13.1. The van der Waals surface area contributed by atoms with Gasteiger partial charge >= 0.3 is 0 Å². The number of rotatable bonds is 11. The number of aromatic nitrogens is 1. The number of carbonyl (C=O) groups excluding carboxylic acids is 1. The van der Waals surface area contributed by atoms with Crippen molar-refractivity contribution in [1.29, 1.82) is 0 Å². The van der Waals surface area contributed by atoms with Crippen LogP contribution in [-0.2, 0) is 16.1 Å². The van der Waals surface area contributed by atoms with E-state index in [1.807, 2.05) is 41.3 Å². The predicted octanol–water partition coefficient (Wildman–Crippen LogP) is 5.87. The maximum Gasteiger partial charge on any atom is 0.226 e. The molecule has 0 bridgehead atoms. The third-order valence-corrected chi connectivity index (χ3v) is 7.20. The number of methoxy groups -OCH3 is 3. The third kappa shape index (κ3) is 5.99. The highest BCUT2D eigenvalue weighted by Gasteiger charge is 2.28. The number of hydrogen-bond donors (Lipinski definition) is 0. The van der Waals surface area contributed by atoms with Gasteiger partial charge in [0.25, 0.3) is 0 Å². The number of pyridine rings is 1. The van der Waals surface area contributed by atoms with Gasteiger partial charge in [0.05, 0.1) is 38.6 Å². The van der Waals surface area contributed by atoms with Crippen molar-refractivity contribution in [3.05, 3.63) is 48.0 Å². The van der Waals surface area contributed by atoms with E-state index in [4.69, 9.17) is 23.9 Å². The van der Waals surface area contributed by atoms with Crippen molar-refractivity contribution in [3.8, 4) is 28.5 Å². The van der Waals surface area contributed by atoms with E-state index in [0.717, 1.165) is 65.8 Å². The molecule has 3 aromatic rings. The molecular weight excluding hydrogens is 468 g/mol. The van der Waals surface area contributed by atoms with Crippen molar-refractivity contribution in [1.82, 2.24) is 9.88 Å². The Morgan fingerprint density at radius 1 is 1.05 bits per heavy atom. The normalized spacial score (nSPS) is 15.2. The molecule has 2 aromatic carbocycles. The van der Waals surface area contributed by atoms with Crippen LogP contribution in [0.15, 0.2) is 42.5 Å². The lowest BCUT2D eigenvalue weighted by Crippen LogP contribution is -2.40. The van der Waals surface area contributed by atoms with Gasteiger partial charge in [0.1, 0.15) is 5.75 Å². The van der Waals surface area contributed by atoms with Crippen molar-refractivity contribution in [2.45, 2.75) is 52.2 Å². The third-order valence-electron chi connectivity index (χ3n) is 7.20. The van der Waals surface area contributed by atoms with Gasteiger partial charge in [-0.1, -0.05) is 26.0 Å². The SMILES string of the molecule is CCC(CC)C(=O)N(Cc1cc2cc(OC)c(OC)cc2nc1-c1cccc(OC)c1)C[C@H]1CCCO1. The number of hydrogen-bond acceptors (Lipinski definition) is 6. The molecule has 1 aliphatic heterocycles. The molecule has 1 amide bonds. The molecule has 2 heterocycles. The summed E-state index contributed by atoms with van der Waals surface area (Å²) in [6.45, 7) is 5.94. The zero-order chi connectivity index (χ0) is 26.4. The lowest BCUT2D eigenvalue weighted by molar-refractivity contribution is -0.138. The summed E-state index contributed by atoms with van der Waals surface area (Å²) in [5.74, 6) is 2.17. The maximum atomic E-state index is 13.7. The fourth-order valence-electron chi connectivity index (χ4n) is 5.05. The quantitative estimate of drug-likeness (QED) is 0.324. The van der Waals surface area contributed by atoms with E-state index in [2.05, 4.69) is 19.9 Å². The van der Waals surface area contributed by atoms with Crippen LogP contribution >= 0.6 is 0 Å². The minimum atomic E-state index is -0.0144. The Kier molecular flexibility index (Phi) is 8.87. The number of benzene rings is 2. The topological polar surface area (TPSA) is 70.1 Å². The second-order valence-corrected chi connectivity index (χ2v) is 9.50. The summed E-state index contributed by atoms with van der Waals surface area (Å²) < 4.78 is 22.5. The largest absolute Gasteiger partial charge is 0.497 e. The molecule has 1 saturated heterocycles. The Hall–Kier alpha value is -3.32. The molecule has 1 fully saturated rings. The van der Waals surface area contributed by atoms with E-state index >= 15 is 0 Å². The van der Waals surface area contributed by atoms with Gasteiger partial charge in [0.15, 0.2) is 11.5 Å². The first kappa shape index (κ1) is 26.7. The fraction of sp³-hybridized carbons (Fsp3) is 0.467. The molecule has 7 heteroatoms. The molecule has 1 atom stereocenters. The first-order chi connectivity index (χ1) is 18.0. The number of nitrogens with zero attached hydrogens (tertiary/aromatic N) is 2. The van der Waals surface area contributed by atoms with Crippen molar-refractivity contribution >= 4 is 16.8 Å². The van der Waals surface area contributed by atoms with Crippen LogP contribution in [0, 0.1) is 5.92 Å². The van der Waals surface area contributed by atoms with E-state index < -0.39 is 0 Å². The molecule has 1 aliphatic rings. The predicted molar refractivity (Wildman–Crippen MR) is 145 cm³/mol. The second-order valence-electron chi connectivity index (χ2n) is 9.50. The molecular formula is C30H38N2O5. The van der Waals surface area contributed by atoms with Gasteiger partial charge in [-0.05, 0) is 55.5 Å². The minimum absolute atomic E-state index is 0.0144. The molecule has 198 valence electrons. The van der Waals surface area contributed by atoms with Gasteiger partial charge in [-0.15, -0.1) is 0 Å². The molecule has 0 saturated carbocycles. The first-order valence-electron chi connectivity index (χ1n) is 13.1. The van der Waals surface area contributed by atoms with Crippen LogP contribution in [0.3, 0.4) is 0 Å². The highest BCUT2D eigenvalue weighted by atomic mass is 16.5. The van der Waals surface area contributed by atoms with E-state index in [1.165, 1.54) is 0 Å². The lowest BCUT2D eigenvalue weighted by Gasteiger charge is -2.29. The van der Waals surface area contributed by atoms with Gasteiger partial charge in [-0.2, -0.15) is 0 Å². The summed E-state index contributed by atoms with van der Waals surface area (Å²) >= 11 is 0. The Labute approximate surface area is 219 Å². The summed E-state index contributed by atoms with van der Waals surface area (Å²) in [6, 6.07) is 13.8. The summed E-state index contributed by atoms with van der Waals surface area (Å²) in [4.78, 5) is 20.7. The van der Waals surface area contributed by atoms with Crippen molar-refractivity contribution in [2.75, 3.05) is 34.5 Å². The highest BCUT2D eigenvalue weighted by Crippen LogP contribution is 2.35. The Morgan fingerprint density at radius 3 is 2.46 bits per heavy atom. The molecule has 7 nitrogen and oxygen atoms in total. The number of amides is 1. The molecule has 0 aliphatic carbocycles. The van der Waals surface area contributed by atoms with Gasteiger partial charge in [0.2, 0.25) is 5.91 Å². The summed E-state index contributed by atoms with van der Waals surface area (Å²) in [6.07, 6.45) is 3.70. The van der Waals surface area contributed by atoms with Crippen LogP contribution in [0.5, 0.6) is 17.2 Å². The molecule has 1 aromatic heterocycles. The highest BCUT2D eigenvalue weighted by molar-refractivity contribution is 5.87. The van der Waals surface area contributed by atoms with Gasteiger partial charge in [0, 0.05) is 42.6 Å². The number of fused-ring (bicyclic) bond motifs is 1. The monoisotopic (exact) mass is 506 g/mol. The summed E-state index contributed by atoms with van der Waals surface area (Å²) in [5, 5.41) is 0.923. The Morgan fingerprint density at radius 2 is 1.81 bits per heavy atom.